The molecule has 0 fully saturated rings. The van der Waals surface area contributed by atoms with E-state index in [0.717, 1.165) is 10.9 Å². The first-order chi connectivity index (χ1) is 7.31. The van der Waals surface area contributed by atoms with Crippen LogP contribution < -0.4 is 4.74 Å². The Labute approximate surface area is 86.8 Å². The summed E-state index contributed by atoms with van der Waals surface area (Å²) in [5, 5.41) is 0.839. The number of aromatic amines is 1. The van der Waals surface area contributed by atoms with Crippen LogP contribution >= 0.6 is 0 Å². The van der Waals surface area contributed by atoms with Crippen LogP contribution in [0.5, 0.6) is 5.75 Å². The number of benzene rings is 1. The maximum atomic E-state index is 13.4. The number of rotatable bonds is 4. The Morgan fingerprint density at radius 2 is 2.20 bits per heavy atom. The quantitative estimate of drug-likeness (QED) is 0.784. The van der Waals surface area contributed by atoms with Gasteiger partial charge in [-0.2, -0.15) is 0 Å². The average Bonchev–Trinajstić information content (AvgIpc) is 2.65. The molecule has 0 unspecified atom stereocenters. The van der Waals surface area contributed by atoms with Crippen LogP contribution in [-0.2, 0) is 4.74 Å². The summed E-state index contributed by atoms with van der Waals surface area (Å²) in [6.45, 7) is 0.793. The lowest BCUT2D eigenvalue weighted by atomic mass is 10.2. The molecule has 0 spiro atoms. The molecule has 0 amide bonds. The zero-order chi connectivity index (χ0) is 10.7. The molecule has 0 aliphatic carbocycles. The molecule has 2 aromatic rings. The molecule has 4 heteroatoms. The second-order valence-corrected chi connectivity index (χ2v) is 3.19. The summed E-state index contributed by atoms with van der Waals surface area (Å²) < 4.78 is 23.5. The van der Waals surface area contributed by atoms with Crippen molar-refractivity contribution in [1.82, 2.24) is 4.98 Å². The number of nitrogens with one attached hydrogen (secondary N) is 1. The fraction of sp³-hybridized carbons (Fsp3) is 0.273. The van der Waals surface area contributed by atoms with Crippen molar-refractivity contribution < 1.29 is 13.9 Å². The molecular formula is C11H12FNO2. The number of halogens is 1. The van der Waals surface area contributed by atoms with E-state index in [-0.39, 0.29) is 11.6 Å². The van der Waals surface area contributed by atoms with Gasteiger partial charge in [-0.05, 0) is 12.1 Å². The van der Waals surface area contributed by atoms with E-state index < -0.39 is 0 Å². The maximum Gasteiger partial charge on any atom is 0.165 e. The molecule has 80 valence electrons. The molecule has 0 saturated carbocycles. The number of ether oxygens (including phenoxy) is 2. The van der Waals surface area contributed by atoms with Gasteiger partial charge in [-0.3, -0.25) is 0 Å². The third-order valence-electron chi connectivity index (χ3n) is 2.15. The molecule has 0 aliphatic heterocycles. The summed E-state index contributed by atoms with van der Waals surface area (Å²) in [7, 11) is 1.58. The van der Waals surface area contributed by atoms with Gasteiger partial charge in [-0.1, -0.05) is 0 Å². The SMILES string of the molecule is COCCOc1cc2[nH]ccc2cc1F. The first-order valence-corrected chi connectivity index (χ1v) is 4.69. The van der Waals surface area contributed by atoms with E-state index >= 15 is 0 Å². The van der Waals surface area contributed by atoms with Crippen molar-refractivity contribution in [1.29, 1.82) is 0 Å². The van der Waals surface area contributed by atoms with Crippen LogP contribution in [0.4, 0.5) is 4.39 Å². The van der Waals surface area contributed by atoms with Gasteiger partial charge in [-0.15, -0.1) is 0 Å². The van der Waals surface area contributed by atoms with Crippen LogP contribution in [0.1, 0.15) is 0 Å². The highest BCUT2D eigenvalue weighted by Gasteiger charge is 2.06. The van der Waals surface area contributed by atoms with E-state index in [9.17, 15) is 4.39 Å². The molecule has 0 radical (unpaired) electrons. The van der Waals surface area contributed by atoms with Crippen LogP contribution in [0, 0.1) is 5.82 Å². The van der Waals surface area contributed by atoms with Gasteiger partial charge < -0.3 is 14.5 Å². The highest BCUT2D eigenvalue weighted by atomic mass is 19.1. The van der Waals surface area contributed by atoms with Gasteiger partial charge in [0.25, 0.3) is 0 Å². The number of hydrogen-bond acceptors (Lipinski definition) is 2. The van der Waals surface area contributed by atoms with E-state index in [1.807, 2.05) is 6.07 Å². The Bertz CT molecular complexity index is 453. The summed E-state index contributed by atoms with van der Waals surface area (Å²) in [6.07, 6.45) is 1.77. The van der Waals surface area contributed by atoms with E-state index in [0.29, 0.717) is 13.2 Å². The van der Waals surface area contributed by atoms with Gasteiger partial charge in [-0.25, -0.2) is 4.39 Å². The normalized spacial score (nSPS) is 10.8. The lowest BCUT2D eigenvalue weighted by Crippen LogP contribution is -2.05. The zero-order valence-corrected chi connectivity index (χ0v) is 8.42. The minimum Gasteiger partial charge on any atom is -0.488 e. The lowest BCUT2D eigenvalue weighted by Gasteiger charge is -2.06. The molecule has 0 atom stereocenters. The predicted octanol–water partition coefficient (Wildman–Crippen LogP) is 2.33. The Balaban J connectivity index is 2.22. The molecule has 2 rings (SSSR count). The third-order valence-corrected chi connectivity index (χ3v) is 2.15. The number of hydrogen-bond donors (Lipinski definition) is 1. The van der Waals surface area contributed by atoms with Crippen molar-refractivity contribution in [3.8, 4) is 5.75 Å². The monoisotopic (exact) mass is 209 g/mol. The van der Waals surface area contributed by atoms with E-state index in [4.69, 9.17) is 9.47 Å². The van der Waals surface area contributed by atoms with E-state index in [1.165, 1.54) is 6.07 Å². The predicted molar refractivity (Wildman–Crippen MR) is 55.6 cm³/mol. The Kier molecular flexibility index (Phi) is 2.87. The molecule has 0 bridgehead atoms. The number of aromatic nitrogens is 1. The Morgan fingerprint density at radius 1 is 1.33 bits per heavy atom. The first kappa shape index (κ1) is 9.98. The van der Waals surface area contributed by atoms with Crippen LogP contribution in [0.15, 0.2) is 24.4 Å². The fourth-order valence-corrected chi connectivity index (χ4v) is 1.40. The topological polar surface area (TPSA) is 34.2 Å². The number of fused-ring (bicyclic) bond motifs is 1. The van der Waals surface area contributed by atoms with Gasteiger partial charge in [0.1, 0.15) is 6.61 Å². The van der Waals surface area contributed by atoms with Gasteiger partial charge in [0.2, 0.25) is 0 Å². The van der Waals surface area contributed by atoms with Crippen molar-refractivity contribution in [2.24, 2.45) is 0 Å². The average molecular weight is 209 g/mol. The second-order valence-electron chi connectivity index (χ2n) is 3.19. The third kappa shape index (κ3) is 2.10. The zero-order valence-electron chi connectivity index (χ0n) is 8.42. The summed E-state index contributed by atoms with van der Waals surface area (Å²) in [6, 6.07) is 4.92. The summed E-state index contributed by atoms with van der Waals surface area (Å²) in [4.78, 5) is 3.00. The van der Waals surface area contributed by atoms with Crippen LogP contribution in [-0.4, -0.2) is 25.3 Å². The minimum atomic E-state index is -0.349. The lowest BCUT2D eigenvalue weighted by molar-refractivity contribution is 0.144. The molecule has 1 aromatic heterocycles. The maximum absolute atomic E-state index is 13.4. The first-order valence-electron chi connectivity index (χ1n) is 4.69. The van der Waals surface area contributed by atoms with Crippen molar-refractivity contribution >= 4 is 10.9 Å². The van der Waals surface area contributed by atoms with Crippen LogP contribution in [0.2, 0.25) is 0 Å². The second kappa shape index (κ2) is 4.31. The molecule has 1 aromatic carbocycles. The highest BCUT2D eigenvalue weighted by molar-refractivity contribution is 5.80. The summed E-state index contributed by atoms with van der Waals surface area (Å²) in [5.41, 5.74) is 0.865. The van der Waals surface area contributed by atoms with Crippen molar-refractivity contribution in [2.45, 2.75) is 0 Å². The standard InChI is InChI=1S/C11H12FNO2/c1-14-4-5-15-11-7-10-8(2-3-13-10)6-9(11)12/h2-3,6-7,13H,4-5H2,1H3. The van der Waals surface area contributed by atoms with Crippen LogP contribution in [0.25, 0.3) is 10.9 Å². The van der Waals surface area contributed by atoms with Gasteiger partial charge >= 0.3 is 0 Å². The van der Waals surface area contributed by atoms with E-state index in [1.54, 1.807) is 19.4 Å². The number of methoxy groups -OCH3 is 1. The molecule has 1 N–H and O–H groups in total. The molecular weight excluding hydrogens is 197 g/mol. The largest absolute Gasteiger partial charge is 0.488 e. The van der Waals surface area contributed by atoms with Crippen molar-refractivity contribution in [2.75, 3.05) is 20.3 Å². The van der Waals surface area contributed by atoms with Gasteiger partial charge in [0, 0.05) is 30.3 Å². The minimum absolute atomic E-state index is 0.252. The molecule has 0 aliphatic rings. The molecule has 1 heterocycles. The van der Waals surface area contributed by atoms with Crippen molar-refractivity contribution in [3.05, 3.63) is 30.2 Å². The number of H-pyrrole nitrogens is 1. The molecule has 15 heavy (non-hydrogen) atoms. The summed E-state index contributed by atoms with van der Waals surface area (Å²) in [5.74, 6) is -0.0970. The smallest absolute Gasteiger partial charge is 0.165 e. The van der Waals surface area contributed by atoms with Crippen LogP contribution in [0.3, 0.4) is 0 Å². The summed E-state index contributed by atoms with van der Waals surface area (Å²) >= 11 is 0. The Hall–Kier alpha value is -1.55. The van der Waals surface area contributed by atoms with E-state index in [2.05, 4.69) is 4.98 Å². The molecule has 0 saturated heterocycles. The van der Waals surface area contributed by atoms with Gasteiger partial charge in [0.05, 0.1) is 6.61 Å². The highest BCUT2D eigenvalue weighted by Crippen LogP contribution is 2.23. The Morgan fingerprint density at radius 3 is 3.00 bits per heavy atom. The van der Waals surface area contributed by atoms with Crippen molar-refractivity contribution in [3.63, 3.8) is 0 Å². The van der Waals surface area contributed by atoms with Gasteiger partial charge in [0.15, 0.2) is 11.6 Å². The molecule has 3 nitrogen and oxygen atoms in total. The fourth-order valence-electron chi connectivity index (χ4n) is 1.40.